The summed E-state index contributed by atoms with van der Waals surface area (Å²) in [5.41, 5.74) is 0.842. The van der Waals surface area contributed by atoms with Crippen molar-refractivity contribution in [2.75, 3.05) is 43.6 Å². The van der Waals surface area contributed by atoms with E-state index < -0.39 is 5.79 Å². The number of para-hydroxylation sites is 2. The summed E-state index contributed by atoms with van der Waals surface area (Å²) in [7, 11) is 1.56. The van der Waals surface area contributed by atoms with Crippen LogP contribution < -0.4 is 15.0 Å². The molecule has 2 aliphatic heterocycles. The lowest BCUT2D eigenvalue weighted by Crippen LogP contribution is -2.45. The van der Waals surface area contributed by atoms with Gasteiger partial charge < -0.3 is 24.4 Å². The highest BCUT2D eigenvalue weighted by Crippen LogP contribution is 2.32. The van der Waals surface area contributed by atoms with Crippen molar-refractivity contribution in [3.05, 3.63) is 42.1 Å². The molecule has 0 saturated carbocycles. The van der Waals surface area contributed by atoms with Gasteiger partial charge in [0.15, 0.2) is 17.3 Å². The van der Waals surface area contributed by atoms with E-state index in [9.17, 15) is 4.79 Å². The van der Waals surface area contributed by atoms with Crippen molar-refractivity contribution in [3.8, 4) is 5.75 Å². The lowest BCUT2D eigenvalue weighted by molar-refractivity contribution is -0.169. The van der Waals surface area contributed by atoms with Crippen LogP contribution in [0.5, 0.6) is 5.75 Å². The molecule has 1 spiro atoms. The van der Waals surface area contributed by atoms with E-state index in [1.807, 2.05) is 18.2 Å². The monoisotopic (exact) mass is 370 g/mol. The molecule has 4 rings (SSSR count). The van der Waals surface area contributed by atoms with Crippen LogP contribution in [0, 0.1) is 0 Å². The molecule has 2 aliphatic rings. The molecule has 0 aliphatic carbocycles. The van der Waals surface area contributed by atoms with Gasteiger partial charge in [-0.3, -0.25) is 4.79 Å². The molecular formula is C19H22N4O4. The maximum absolute atomic E-state index is 12.4. The molecule has 1 aromatic carbocycles. The van der Waals surface area contributed by atoms with Gasteiger partial charge in [0.2, 0.25) is 0 Å². The smallest absolute Gasteiger partial charge is 0.276 e. The minimum Gasteiger partial charge on any atom is -0.495 e. The molecule has 1 amide bonds. The number of anilines is 2. The predicted octanol–water partition coefficient (Wildman–Crippen LogP) is 2.08. The molecule has 3 heterocycles. The zero-order chi connectivity index (χ0) is 18.7. The Morgan fingerprint density at radius 1 is 1.11 bits per heavy atom. The minimum absolute atomic E-state index is 0.251. The van der Waals surface area contributed by atoms with Crippen molar-refractivity contribution in [3.63, 3.8) is 0 Å². The Kier molecular flexibility index (Phi) is 4.91. The summed E-state index contributed by atoms with van der Waals surface area (Å²) < 4.78 is 16.7. The first kappa shape index (κ1) is 17.7. The van der Waals surface area contributed by atoms with Gasteiger partial charge in [0.1, 0.15) is 5.75 Å². The first-order valence-corrected chi connectivity index (χ1v) is 9.00. The molecule has 8 heteroatoms. The lowest BCUT2D eigenvalue weighted by Gasteiger charge is -2.37. The number of methoxy groups -OCH3 is 1. The first-order valence-electron chi connectivity index (χ1n) is 9.00. The van der Waals surface area contributed by atoms with Crippen LogP contribution in [0.25, 0.3) is 0 Å². The molecule has 1 aromatic heterocycles. The second-order valence-corrected chi connectivity index (χ2v) is 6.53. The van der Waals surface area contributed by atoms with Gasteiger partial charge in [-0.15, -0.1) is 10.2 Å². The second-order valence-electron chi connectivity index (χ2n) is 6.53. The molecule has 0 unspecified atom stereocenters. The number of benzene rings is 1. The maximum atomic E-state index is 12.4. The molecule has 2 fully saturated rings. The van der Waals surface area contributed by atoms with Crippen LogP contribution in [0.2, 0.25) is 0 Å². The number of aromatic nitrogens is 2. The number of carbonyl (C=O) groups excluding carboxylic acids is 1. The first-order chi connectivity index (χ1) is 13.2. The normalized spacial score (nSPS) is 18.5. The van der Waals surface area contributed by atoms with Crippen molar-refractivity contribution in [2.24, 2.45) is 0 Å². The van der Waals surface area contributed by atoms with E-state index in [1.165, 1.54) is 0 Å². The number of piperidine rings is 1. The summed E-state index contributed by atoms with van der Waals surface area (Å²) in [6.45, 7) is 2.88. The molecule has 8 nitrogen and oxygen atoms in total. The zero-order valence-electron chi connectivity index (χ0n) is 15.2. The van der Waals surface area contributed by atoms with E-state index in [0.29, 0.717) is 24.7 Å². The highest BCUT2D eigenvalue weighted by molar-refractivity contribution is 6.03. The van der Waals surface area contributed by atoms with Gasteiger partial charge in [-0.05, 0) is 24.3 Å². The Hall–Kier alpha value is -2.71. The van der Waals surface area contributed by atoms with Gasteiger partial charge >= 0.3 is 0 Å². The summed E-state index contributed by atoms with van der Waals surface area (Å²) in [5, 5.41) is 11.1. The fourth-order valence-corrected chi connectivity index (χ4v) is 3.41. The van der Waals surface area contributed by atoms with Crippen LogP contribution >= 0.6 is 0 Å². The Labute approximate surface area is 157 Å². The number of hydrogen-bond acceptors (Lipinski definition) is 7. The minimum atomic E-state index is -0.418. The average Bonchev–Trinajstić information content (AvgIpc) is 3.17. The Bertz CT molecular complexity index is 796. The third-order valence-electron chi connectivity index (χ3n) is 4.90. The fraction of sp³-hybridized carbons (Fsp3) is 0.421. The van der Waals surface area contributed by atoms with Gasteiger partial charge in [0.05, 0.1) is 26.0 Å². The molecule has 27 heavy (non-hydrogen) atoms. The highest BCUT2D eigenvalue weighted by Gasteiger charge is 2.40. The van der Waals surface area contributed by atoms with Crippen LogP contribution in [0.4, 0.5) is 11.5 Å². The van der Waals surface area contributed by atoms with Crippen molar-refractivity contribution >= 4 is 17.4 Å². The largest absolute Gasteiger partial charge is 0.495 e. The number of ether oxygens (including phenoxy) is 3. The standard InChI is InChI=1S/C19H22N4O4/c1-25-16-5-3-2-4-14(16)20-18(24)15-6-7-17(22-21-15)23-10-8-19(9-11-23)26-12-13-27-19/h2-7H,8-13H2,1H3,(H,20,24). The number of hydrogen-bond donors (Lipinski definition) is 1. The predicted molar refractivity (Wildman–Crippen MR) is 99.1 cm³/mol. The number of nitrogens with one attached hydrogen (secondary N) is 1. The molecular weight excluding hydrogens is 348 g/mol. The molecule has 2 aromatic rings. The van der Waals surface area contributed by atoms with E-state index in [0.717, 1.165) is 31.7 Å². The van der Waals surface area contributed by atoms with E-state index in [-0.39, 0.29) is 11.6 Å². The SMILES string of the molecule is COc1ccccc1NC(=O)c1ccc(N2CCC3(CC2)OCCO3)nn1. The summed E-state index contributed by atoms with van der Waals surface area (Å²) >= 11 is 0. The maximum Gasteiger partial charge on any atom is 0.276 e. The van der Waals surface area contributed by atoms with Crippen LogP contribution in [-0.2, 0) is 9.47 Å². The lowest BCUT2D eigenvalue weighted by atomic mass is 10.0. The third-order valence-corrected chi connectivity index (χ3v) is 4.90. The molecule has 142 valence electrons. The van der Waals surface area contributed by atoms with Crippen LogP contribution in [0.15, 0.2) is 36.4 Å². The quantitative estimate of drug-likeness (QED) is 0.882. The molecule has 2 saturated heterocycles. The summed E-state index contributed by atoms with van der Waals surface area (Å²) in [6, 6.07) is 10.7. The van der Waals surface area contributed by atoms with Crippen molar-refractivity contribution < 1.29 is 19.0 Å². The summed E-state index contributed by atoms with van der Waals surface area (Å²) in [5.74, 6) is 0.591. The van der Waals surface area contributed by atoms with Gasteiger partial charge in [0, 0.05) is 25.9 Å². The average molecular weight is 370 g/mol. The molecule has 0 atom stereocenters. The number of carbonyl (C=O) groups is 1. The second kappa shape index (κ2) is 7.50. The van der Waals surface area contributed by atoms with Crippen LogP contribution in [0.3, 0.4) is 0 Å². The number of amides is 1. The van der Waals surface area contributed by atoms with Gasteiger partial charge in [-0.1, -0.05) is 12.1 Å². The topological polar surface area (TPSA) is 85.8 Å². The third kappa shape index (κ3) is 3.72. The van der Waals surface area contributed by atoms with Crippen LogP contribution in [-0.4, -0.2) is 55.3 Å². The van der Waals surface area contributed by atoms with Crippen molar-refractivity contribution in [1.82, 2.24) is 10.2 Å². The van der Waals surface area contributed by atoms with Crippen molar-refractivity contribution in [2.45, 2.75) is 18.6 Å². The van der Waals surface area contributed by atoms with E-state index in [4.69, 9.17) is 14.2 Å². The Morgan fingerprint density at radius 3 is 2.52 bits per heavy atom. The number of nitrogens with zero attached hydrogens (tertiary/aromatic N) is 3. The van der Waals surface area contributed by atoms with E-state index >= 15 is 0 Å². The van der Waals surface area contributed by atoms with E-state index in [1.54, 1.807) is 25.3 Å². The Balaban J connectivity index is 1.39. The zero-order valence-corrected chi connectivity index (χ0v) is 15.2. The van der Waals surface area contributed by atoms with Gasteiger partial charge in [-0.2, -0.15) is 0 Å². The van der Waals surface area contributed by atoms with Crippen molar-refractivity contribution in [1.29, 1.82) is 0 Å². The highest BCUT2D eigenvalue weighted by atomic mass is 16.7. The summed E-state index contributed by atoms with van der Waals surface area (Å²) in [6.07, 6.45) is 1.59. The van der Waals surface area contributed by atoms with Gasteiger partial charge in [-0.25, -0.2) is 0 Å². The molecule has 0 bridgehead atoms. The fourth-order valence-electron chi connectivity index (χ4n) is 3.41. The van der Waals surface area contributed by atoms with Crippen LogP contribution in [0.1, 0.15) is 23.3 Å². The summed E-state index contributed by atoms with van der Waals surface area (Å²) in [4.78, 5) is 14.6. The van der Waals surface area contributed by atoms with Gasteiger partial charge in [0.25, 0.3) is 5.91 Å². The Morgan fingerprint density at radius 2 is 1.85 bits per heavy atom. The van der Waals surface area contributed by atoms with E-state index in [2.05, 4.69) is 20.4 Å². The molecule has 0 radical (unpaired) electrons. The molecule has 1 N–H and O–H groups in total. The number of rotatable bonds is 4.